The minimum absolute atomic E-state index is 0. The van der Waals surface area contributed by atoms with E-state index in [1.54, 1.807) is 0 Å². The molecule has 0 aromatic heterocycles. The van der Waals surface area contributed by atoms with Crippen molar-refractivity contribution >= 4 is 48.9 Å². The van der Waals surface area contributed by atoms with Crippen LogP contribution in [0.2, 0.25) is 0 Å². The Hall–Kier alpha value is 2.71. The summed E-state index contributed by atoms with van der Waals surface area (Å²) in [6.45, 7) is 0. The zero-order chi connectivity index (χ0) is 0. The molecule has 0 aliphatic rings. The molecule has 0 amide bonds. The van der Waals surface area contributed by atoms with Crippen molar-refractivity contribution in [2.24, 2.45) is 0 Å². The predicted molar refractivity (Wildman–Crippen MR) is 13.5 cm³/mol. The molecule has 0 heterocycles. The average Bonchev–Trinajstić information content (AvgIpc) is 0. The van der Waals surface area contributed by atoms with Gasteiger partial charge in [0.25, 0.3) is 0 Å². The molecule has 0 aromatic rings. The molecular weight excluding hydrogens is 300 g/mol. The maximum atomic E-state index is 0. The van der Waals surface area contributed by atoms with Gasteiger partial charge in [-0.2, -0.15) is 0 Å². The Morgan fingerprint density at radius 2 is 0.571 bits per heavy atom. The summed E-state index contributed by atoms with van der Waals surface area (Å²) in [4.78, 5) is 0. The van der Waals surface area contributed by atoms with Crippen molar-refractivity contribution < 1.29 is 62.2 Å². The van der Waals surface area contributed by atoms with Crippen molar-refractivity contribution in [1.29, 1.82) is 0 Å². The number of rotatable bonds is 0. The van der Waals surface area contributed by atoms with Crippen LogP contribution in [0.3, 0.4) is 0 Å². The van der Waals surface area contributed by atoms with Gasteiger partial charge in [-0.25, -0.2) is 0 Å². The van der Waals surface area contributed by atoms with Crippen LogP contribution < -0.4 is 0 Å². The summed E-state index contributed by atoms with van der Waals surface area (Å²) in [7, 11) is 0. The van der Waals surface area contributed by atoms with Gasteiger partial charge in [0.05, 0.1) is 0 Å². The monoisotopic (exact) mass is 305 g/mol. The Labute approximate surface area is 109 Å². The maximum Gasteiger partial charge on any atom is 2.00 e. The molecule has 0 unspecified atom stereocenters. The SMILES string of the molecule is [Ba+2].[OH-].[OH-].[OH-].[OH-].[Ti].[V+2]. The first-order valence-electron chi connectivity index (χ1n) is 0. The van der Waals surface area contributed by atoms with Crippen LogP contribution in [0.15, 0.2) is 0 Å². The Balaban J connectivity index is 0. The average molecular weight is 304 g/mol. The summed E-state index contributed by atoms with van der Waals surface area (Å²) in [6.07, 6.45) is 0. The van der Waals surface area contributed by atoms with Crippen LogP contribution in [-0.2, 0) is 40.3 Å². The van der Waals surface area contributed by atoms with Gasteiger partial charge >= 0.3 is 67.4 Å². The topological polar surface area (TPSA) is 120 Å². The van der Waals surface area contributed by atoms with E-state index in [-0.39, 0.29) is 111 Å². The Kier molecular flexibility index (Phi) is 1010. The van der Waals surface area contributed by atoms with Crippen LogP contribution in [0, 0.1) is 0 Å². The molecule has 0 rings (SSSR count). The van der Waals surface area contributed by atoms with Crippen LogP contribution in [0.25, 0.3) is 0 Å². The molecule has 0 saturated heterocycles. The van der Waals surface area contributed by atoms with Crippen molar-refractivity contribution in [3.8, 4) is 0 Å². The van der Waals surface area contributed by atoms with Gasteiger partial charge in [0.1, 0.15) is 0 Å². The Morgan fingerprint density at radius 1 is 0.571 bits per heavy atom. The van der Waals surface area contributed by atoms with E-state index < -0.39 is 0 Å². The third kappa shape index (κ3) is 53.4. The van der Waals surface area contributed by atoms with Gasteiger partial charge in [-0.15, -0.1) is 0 Å². The van der Waals surface area contributed by atoms with Gasteiger partial charge in [0.15, 0.2) is 0 Å². The van der Waals surface area contributed by atoms with E-state index in [4.69, 9.17) is 0 Å². The van der Waals surface area contributed by atoms with Crippen molar-refractivity contribution in [2.75, 3.05) is 0 Å². The van der Waals surface area contributed by atoms with E-state index in [1.807, 2.05) is 0 Å². The van der Waals surface area contributed by atoms with Crippen LogP contribution in [0.1, 0.15) is 0 Å². The van der Waals surface area contributed by atoms with Crippen molar-refractivity contribution in [1.82, 2.24) is 0 Å². The first-order chi connectivity index (χ1) is 0. The second-order valence-electron chi connectivity index (χ2n) is 0. The summed E-state index contributed by atoms with van der Waals surface area (Å²) in [6, 6.07) is 0. The molecule has 0 bridgehead atoms. The molecule has 0 fully saturated rings. The predicted octanol–water partition coefficient (Wildman–Crippen LogP) is -1.09. The molecule has 4 nitrogen and oxygen atoms in total. The zero-order valence-corrected chi connectivity index (χ0v) is 10.8. The van der Waals surface area contributed by atoms with Gasteiger partial charge < -0.3 is 21.9 Å². The van der Waals surface area contributed by atoms with E-state index in [0.29, 0.717) is 0 Å². The first kappa shape index (κ1) is 100. The van der Waals surface area contributed by atoms with E-state index in [1.165, 1.54) is 0 Å². The molecule has 0 atom stereocenters. The smallest absolute Gasteiger partial charge is 0.870 e. The molecule has 0 spiro atoms. The fourth-order valence-electron chi connectivity index (χ4n) is 0. The molecule has 1 radical (unpaired) electrons. The number of hydrogen-bond donors (Lipinski definition) is 0. The van der Waals surface area contributed by atoms with Crippen LogP contribution in [0.5, 0.6) is 0 Å². The maximum absolute atomic E-state index is 0. The molecule has 39 valence electrons. The standard InChI is InChI=1S/Ba.4H2O.Ti.V/h;4*1H2;;/q+2;;;;;;+2/p-4. The van der Waals surface area contributed by atoms with Crippen molar-refractivity contribution in [2.45, 2.75) is 0 Å². The van der Waals surface area contributed by atoms with Crippen molar-refractivity contribution in [3.63, 3.8) is 0 Å². The Bertz CT molecular complexity index is 11.7. The normalized spacial score (nSPS) is 0. The summed E-state index contributed by atoms with van der Waals surface area (Å²) < 4.78 is 0. The molecule has 7 heteroatoms. The summed E-state index contributed by atoms with van der Waals surface area (Å²) in [5, 5.41) is 0. The first-order valence-corrected chi connectivity index (χ1v) is 0. The minimum atomic E-state index is 0. The molecule has 4 N–H and O–H groups in total. The fraction of sp³-hybridized carbons (Fsp3) is 0. The van der Waals surface area contributed by atoms with E-state index >= 15 is 0 Å². The zero-order valence-electron chi connectivity index (χ0n) is 3.44. The molecule has 7 heavy (non-hydrogen) atoms. The van der Waals surface area contributed by atoms with Gasteiger partial charge in [-0.3, -0.25) is 0 Å². The molecule has 0 aliphatic heterocycles. The largest absolute Gasteiger partial charge is 2.00 e. The molecule has 0 aliphatic carbocycles. The van der Waals surface area contributed by atoms with Crippen LogP contribution in [0.4, 0.5) is 0 Å². The van der Waals surface area contributed by atoms with Crippen LogP contribution >= 0.6 is 0 Å². The quantitative estimate of drug-likeness (QED) is 0.528. The molecule has 0 saturated carbocycles. The summed E-state index contributed by atoms with van der Waals surface area (Å²) >= 11 is 0. The van der Waals surface area contributed by atoms with Gasteiger partial charge in [-0.1, -0.05) is 0 Å². The number of hydrogen-bond acceptors (Lipinski definition) is 4. The Morgan fingerprint density at radius 3 is 0.571 bits per heavy atom. The van der Waals surface area contributed by atoms with E-state index in [0.717, 1.165) is 0 Å². The minimum Gasteiger partial charge on any atom is -0.870 e. The molecular formula is H4BaO4TiV. The third-order valence-electron chi connectivity index (χ3n) is 0. The third-order valence-corrected chi connectivity index (χ3v) is 0. The second-order valence-corrected chi connectivity index (χ2v) is 0. The summed E-state index contributed by atoms with van der Waals surface area (Å²) in [5.41, 5.74) is 0. The van der Waals surface area contributed by atoms with Gasteiger partial charge in [-0.05, 0) is 0 Å². The fourth-order valence-corrected chi connectivity index (χ4v) is 0. The van der Waals surface area contributed by atoms with E-state index in [9.17, 15) is 0 Å². The van der Waals surface area contributed by atoms with Crippen molar-refractivity contribution in [3.05, 3.63) is 0 Å². The van der Waals surface area contributed by atoms with Gasteiger partial charge in [0.2, 0.25) is 0 Å². The van der Waals surface area contributed by atoms with Gasteiger partial charge in [0, 0.05) is 21.7 Å². The summed E-state index contributed by atoms with van der Waals surface area (Å²) in [5.74, 6) is 0. The molecule has 0 aromatic carbocycles. The van der Waals surface area contributed by atoms with Crippen LogP contribution in [-0.4, -0.2) is 70.8 Å². The van der Waals surface area contributed by atoms with E-state index in [2.05, 4.69) is 0 Å². The second kappa shape index (κ2) is 70.5.